The highest BCUT2D eigenvalue weighted by molar-refractivity contribution is 5.17. The van der Waals surface area contributed by atoms with Gasteiger partial charge in [0.2, 0.25) is 0 Å². The minimum atomic E-state index is 0.108. The fourth-order valence-corrected chi connectivity index (χ4v) is 1.27. The summed E-state index contributed by atoms with van der Waals surface area (Å²) in [6, 6.07) is 10.1. The molecule has 1 aromatic carbocycles. The molecule has 1 fully saturated rings. The van der Waals surface area contributed by atoms with Crippen LogP contribution in [0.4, 0.5) is 0 Å². The van der Waals surface area contributed by atoms with E-state index in [1.165, 1.54) is 5.56 Å². The lowest BCUT2D eigenvalue weighted by Gasteiger charge is -2.22. The van der Waals surface area contributed by atoms with Crippen LogP contribution >= 0.6 is 0 Å². The third-order valence-electron chi connectivity index (χ3n) is 1.90. The fraction of sp³-hybridized carbons (Fsp3) is 0.300. The lowest BCUT2D eigenvalue weighted by Crippen LogP contribution is -2.18. The summed E-state index contributed by atoms with van der Waals surface area (Å²) in [4.78, 5) is 0. The SMILES string of the molecule is [CH]1COC(c2ccccc2)CO1. The van der Waals surface area contributed by atoms with E-state index >= 15 is 0 Å². The maximum Gasteiger partial charge on any atom is 0.109 e. The Morgan fingerprint density at radius 2 is 2.00 bits per heavy atom. The average Bonchev–Trinajstić information content (AvgIpc) is 2.21. The Balaban J connectivity index is 2.08. The molecule has 0 bridgehead atoms. The maximum absolute atomic E-state index is 5.48. The van der Waals surface area contributed by atoms with E-state index in [4.69, 9.17) is 9.47 Å². The molecule has 0 spiro atoms. The second-order valence-electron chi connectivity index (χ2n) is 2.73. The largest absolute Gasteiger partial charge is 0.370 e. The van der Waals surface area contributed by atoms with E-state index in [9.17, 15) is 0 Å². The monoisotopic (exact) mass is 163 g/mol. The highest BCUT2D eigenvalue weighted by Crippen LogP contribution is 2.20. The van der Waals surface area contributed by atoms with Crippen LogP contribution in [-0.2, 0) is 9.47 Å². The van der Waals surface area contributed by atoms with E-state index in [2.05, 4.69) is 12.1 Å². The number of benzene rings is 1. The van der Waals surface area contributed by atoms with Crippen LogP contribution < -0.4 is 0 Å². The molecule has 1 unspecified atom stereocenters. The molecule has 1 aliphatic rings. The third kappa shape index (κ3) is 1.65. The molecular formula is C10H11O2. The summed E-state index contributed by atoms with van der Waals surface area (Å²) in [7, 11) is 0. The lowest BCUT2D eigenvalue weighted by atomic mass is 10.1. The van der Waals surface area contributed by atoms with Crippen LogP contribution in [-0.4, -0.2) is 13.2 Å². The van der Waals surface area contributed by atoms with E-state index < -0.39 is 0 Å². The number of rotatable bonds is 1. The first-order chi connectivity index (χ1) is 5.97. The van der Waals surface area contributed by atoms with Gasteiger partial charge >= 0.3 is 0 Å². The Hall–Kier alpha value is -0.860. The quantitative estimate of drug-likeness (QED) is 0.629. The van der Waals surface area contributed by atoms with Gasteiger partial charge in [-0.15, -0.1) is 0 Å². The standard InChI is InChI=1S/C10H11O2/c1-2-4-9(5-3-1)10-8-11-6-7-12-10/h1-6,10H,7-8H2. The summed E-state index contributed by atoms with van der Waals surface area (Å²) in [5.41, 5.74) is 1.19. The van der Waals surface area contributed by atoms with Gasteiger partial charge in [0.25, 0.3) is 0 Å². The van der Waals surface area contributed by atoms with Crippen molar-refractivity contribution in [3.05, 3.63) is 42.5 Å². The molecule has 1 saturated heterocycles. The minimum Gasteiger partial charge on any atom is -0.370 e. The molecule has 0 saturated carbocycles. The van der Waals surface area contributed by atoms with Crippen molar-refractivity contribution in [2.45, 2.75) is 6.10 Å². The van der Waals surface area contributed by atoms with E-state index in [0.717, 1.165) is 0 Å². The summed E-state index contributed by atoms with van der Waals surface area (Å²) in [6.07, 6.45) is 0.108. The van der Waals surface area contributed by atoms with Crippen LogP contribution in [0.15, 0.2) is 30.3 Å². The molecule has 12 heavy (non-hydrogen) atoms. The van der Waals surface area contributed by atoms with Crippen molar-refractivity contribution >= 4 is 0 Å². The molecule has 2 heteroatoms. The summed E-state index contributed by atoms with van der Waals surface area (Å²) in [5, 5.41) is 0. The van der Waals surface area contributed by atoms with Gasteiger partial charge in [-0.05, 0) is 5.56 Å². The molecule has 2 rings (SSSR count). The van der Waals surface area contributed by atoms with Crippen LogP contribution in [0.25, 0.3) is 0 Å². The normalized spacial score (nSPS) is 23.8. The Kier molecular flexibility index (Phi) is 2.39. The van der Waals surface area contributed by atoms with Crippen LogP contribution in [0.3, 0.4) is 0 Å². The third-order valence-corrected chi connectivity index (χ3v) is 1.90. The maximum atomic E-state index is 5.48. The van der Waals surface area contributed by atoms with Crippen molar-refractivity contribution in [3.63, 3.8) is 0 Å². The zero-order chi connectivity index (χ0) is 8.23. The van der Waals surface area contributed by atoms with Gasteiger partial charge in [-0.25, -0.2) is 0 Å². The molecule has 0 aliphatic carbocycles. The van der Waals surface area contributed by atoms with Gasteiger partial charge in [-0.2, -0.15) is 0 Å². The molecule has 1 aliphatic heterocycles. The van der Waals surface area contributed by atoms with Crippen molar-refractivity contribution in [1.82, 2.24) is 0 Å². The van der Waals surface area contributed by atoms with Crippen molar-refractivity contribution in [3.8, 4) is 0 Å². The first-order valence-electron chi connectivity index (χ1n) is 4.06. The van der Waals surface area contributed by atoms with Gasteiger partial charge in [0.1, 0.15) is 12.7 Å². The van der Waals surface area contributed by atoms with Gasteiger partial charge in [0.05, 0.1) is 13.2 Å². The zero-order valence-corrected chi connectivity index (χ0v) is 6.77. The van der Waals surface area contributed by atoms with Gasteiger partial charge < -0.3 is 9.47 Å². The van der Waals surface area contributed by atoms with E-state index in [1.807, 2.05) is 18.2 Å². The highest BCUT2D eigenvalue weighted by Gasteiger charge is 2.15. The molecule has 2 nitrogen and oxygen atoms in total. The molecular weight excluding hydrogens is 152 g/mol. The second-order valence-corrected chi connectivity index (χ2v) is 2.73. The van der Waals surface area contributed by atoms with Crippen molar-refractivity contribution in [2.24, 2.45) is 0 Å². The predicted molar refractivity (Wildman–Crippen MR) is 45.4 cm³/mol. The Labute approximate surface area is 72.1 Å². The second kappa shape index (κ2) is 3.70. The van der Waals surface area contributed by atoms with E-state index in [-0.39, 0.29) is 6.10 Å². The Morgan fingerprint density at radius 1 is 1.17 bits per heavy atom. The first kappa shape index (κ1) is 7.77. The van der Waals surface area contributed by atoms with Crippen LogP contribution in [0, 0.1) is 6.61 Å². The van der Waals surface area contributed by atoms with Crippen LogP contribution in [0.2, 0.25) is 0 Å². The molecule has 0 amide bonds. The van der Waals surface area contributed by atoms with Gasteiger partial charge in [-0.3, -0.25) is 0 Å². The number of hydrogen-bond acceptors (Lipinski definition) is 2. The molecule has 1 aromatic rings. The Bertz CT molecular complexity index is 227. The number of ether oxygens (including phenoxy) is 2. The molecule has 1 heterocycles. The fourth-order valence-electron chi connectivity index (χ4n) is 1.27. The smallest absolute Gasteiger partial charge is 0.109 e. The predicted octanol–water partition coefficient (Wildman–Crippen LogP) is 1.94. The average molecular weight is 163 g/mol. The minimum absolute atomic E-state index is 0.108. The Morgan fingerprint density at radius 3 is 2.67 bits per heavy atom. The van der Waals surface area contributed by atoms with Crippen LogP contribution in [0.5, 0.6) is 0 Å². The van der Waals surface area contributed by atoms with Crippen molar-refractivity contribution < 1.29 is 9.47 Å². The highest BCUT2D eigenvalue weighted by atomic mass is 16.6. The van der Waals surface area contributed by atoms with E-state index in [1.54, 1.807) is 6.61 Å². The molecule has 0 N–H and O–H groups in total. The lowest BCUT2D eigenvalue weighted by molar-refractivity contribution is -0.0577. The molecule has 0 aromatic heterocycles. The summed E-state index contributed by atoms with van der Waals surface area (Å²) in [6.45, 7) is 2.91. The van der Waals surface area contributed by atoms with Crippen molar-refractivity contribution in [1.29, 1.82) is 0 Å². The van der Waals surface area contributed by atoms with Crippen molar-refractivity contribution in [2.75, 3.05) is 13.2 Å². The van der Waals surface area contributed by atoms with Crippen LogP contribution in [0.1, 0.15) is 11.7 Å². The van der Waals surface area contributed by atoms with E-state index in [0.29, 0.717) is 13.2 Å². The molecule has 1 atom stereocenters. The summed E-state index contributed by atoms with van der Waals surface area (Å²) in [5.74, 6) is 0. The van der Waals surface area contributed by atoms with Gasteiger partial charge in [0, 0.05) is 0 Å². The summed E-state index contributed by atoms with van der Waals surface area (Å²) >= 11 is 0. The molecule has 63 valence electrons. The zero-order valence-electron chi connectivity index (χ0n) is 6.77. The topological polar surface area (TPSA) is 18.5 Å². The number of hydrogen-bond donors (Lipinski definition) is 0. The van der Waals surface area contributed by atoms with Gasteiger partial charge in [-0.1, -0.05) is 30.3 Å². The first-order valence-corrected chi connectivity index (χ1v) is 4.06. The summed E-state index contributed by atoms with van der Waals surface area (Å²) < 4.78 is 10.7. The molecule has 1 radical (unpaired) electrons. The van der Waals surface area contributed by atoms with Gasteiger partial charge in [0.15, 0.2) is 0 Å².